The average Bonchev–Trinajstić information content (AvgIpc) is 2.18. The Hall–Kier alpha value is -1.30. The average molecular weight is 175 g/mol. The Balaban J connectivity index is 2.75. The number of benzene rings is 1. The molecule has 1 atom stereocenters. The maximum Gasteiger partial charge on any atom is 0.0802 e. The maximum absolute atomic E-state index is 9.55. The lowest BCUT2D eigenvalue weighted by Crippen LogP contribution is -2.06. The van der Waals surface area contributed by atoms with Gasteiger partial charge in [0.25, 0.3) is 0 Å². The normalized spacial score (nSPS) is 12.1. The Morgan fingerprint density at radius 1 is 1.38 bits per heavy atom. The predicted molar refractivity (Wildman–Crippen MR) is 53.0 cm³/mol. The molecule has 0 radical (unpaired) electrons. The highest BCUT2D eigenvalue weighted by molar-refractivity contribution is 5.34. The van der Waals surface area contributed by atoms with Crippen molar-refractivity contribution in [3.8, 4) is 12.3 Å². The van der Waals surface area contributed by atoms with E-state index in [1.165, 1.54) is 0 Å². The fraction of sp³-hybridized carbons (Fsp3) is 0.273. The summed E-state index contributed by atoms with van der Waals surface area (Å²) in [6.45, 7) is 0.484. The quantitative estimate of drug-likeness (QED) is 0.674. The molecule has 3 N–H and O–H groups in total. The van der Waals surface area contributed by atoms with Crippen molar-refractivity contribution in [1.82, 2.24) is 0 Å². The molecule has 68 valence electrons. The summed E-state index contributed by atoms with van der Waals surface area (Å²) < 4.78 is 0. The molecule has 0 saturated carbocycles. The van der Waals surface area contributed by atoms with E-state index in [2.05, 4.69) is 5.92 Å². The number of aliphatic hydroxyl groups is 1. The Morgan fingerprint density at radius 3 is 2.46 bits per heavy atom. The molecule has 0 aliphatic rings. The minimum atomic E-state index is -0.475. The molecule has 0 aliphatic heterocycles. The zero-order valence-corrected chi connectivity index (χ0v) is 7.40. The number of nitrogens with two attached hydrogens (primary N) is 1. The molecular weight excluding hydrogens is 162 g/mol. The summed E-state index contributed by atoms with van der Waals surface area (Å²) in [7, 11) is 0. The van der Waals surface area contributed by atoms with Crippen LogP contribution in [-0.4, -0.2) is 11.7 Å². The highest BCUT2D eigenvalue weighted by Gasteiger charge is 2.04. The molecule has 0 heterocycles. The van der Waals surface area contributed by atoms with Crippen molar-refractivity contribution in [2.45, 2.75) is 12.5 Å². The van der Waals surface area contributed by atoms with Crippen LogP contribution in [0.3, 0.4) is 0 Å². The van der Waals surface area contributed by atoms with Crippen molar-refractivity contribution >= 4 is 0 Å². The summed E-state index contributed by atoms with van der Waals surface area (Å²) in [5.74, 6) is 2.52. The number of rotatable bonds is 3. The molecule has 0 aromatic heterocycles. The predicted octanol–water partition coefficient (Wildman–Crippen LogP) is 1.05. The van der Waals surface area contributed by atoms with Gasteiger partial charge in [0.05, 0.1) is 6.10 Å². The standard InChI is InChI=1S/C11H13NO/c1-2-9-3-5-10(6-4-9)11(13)7-8-12/h1,3-6,11,13H,7-8,12H2/t11-/m1/s1. The third-order valence-electron chi connectivity index (χ3n) is 1.90. The number of hydrogen-bond acceptors (Lipinski definition) is 2. The van der Waals surface area contributed by atoms with Crippen LogP contribution in [0.1, 0.15) is 23.7 Å². The minimum absolute atomic E-state index is 0.475. The van der Waals surface area contributed by atoms with Gasteiger partial charge in [0, 0.05) is 5.56 Å². The first-order valence-electron chi connectivity index (χ1n) is 4.22. The third kappa shape index (κ3) is 2.59. The lowest BCUT2D eigenvalue weighted by atomic mass is 10.1. The fourth-order valence-corrected chi connectivity index (χ4v) is 1.13. The molecule has 0 unspecified atom stereocenters. The van der Waals surface area contributed by atoms with Gasteiger partial charge in [-0.3, -0.25) is 0 Å². The van der Waals surface area contributed by atoms with E-state index in [1.54, 1.807) is 0 Å². The SMILES string of the molecule is C#Cc1ccc([C@H](O)CCN)cc1. The molecule has 1 aromatic rings. The second-order valence-corrected chi connectivity index (χ2v) is 2.86. The van der Waals surface area contributed by atoms with Crippen LogP contribution in [-0.2, 0) is 0 Å². The van der Waals surface area contributed by atoms with Gasteiger partial charge in [-0.2, -0.15) is 0 Å². The van der Waals surface area contributed by atoms with E-state index in [1.807, 2.05) is 24.3 Å². The highest BCUT2D eigenvalue weighted by Crippen LogP contribution is 2.15. The van der Waals surface area contributed by atoms with Crippen molar-refractivity contribution in [2.24, 2.45) is 5.73 Å². The van der Waals surface area contributed by atoms with Crippen molar-refractivity contribution < 1.29 is 5.11 Å². The van der Waals surface area contributed by atoms with Crippen molar-refractivity contribution in [3.05, 3.63) is 35.4 Å². The van der Waals surface area contributed by atoms with E-state index in [-0.39, 0.29) is 0 Å². The molecule has 0 aliphatic carbocycles. The molecule has 0 fully saturated rings. The molecule has 13 heavy (non-hydrogen) atoms. The van der Waals surface area contributed by atoms with Gasteiger partial charge in [0.1, 0.15) is 0 Å². The van der Waals surface area contributed by atoms with Gasteiger partial charge in [-0.25, -0.2) is 0 Å². The monoisotopic (exact) mass is 175 g/mol. The summed E-state index contributed by atoms with van der Waals surface area (Å²) in [6, 6.07) is 7.29. The lowest BCUT2D eigenvalue weighted by Gasteiger charge is -2.08. The first kappa shape index (κ1) is 9.79. The van der Waals surface area contributed by atoms with Crippen molar-refractivity contribution in [1.29, 1.82) is 0 Å². The van der Waals surface area contributed by atoms with E-state index < -0.39 is 6.10 Å². The summed E-state index contributed by atoms with van der Waals surface area (Å²) >= 11 is 0. The molecule has 1 aromatic carbocycles. The second kappa shape index (κ2) is 4.66. The summed E-state index contributed by atoms with van der Waals surface area (Å²) in [5.41, 5.74) is 7.02. The zero-order chi connectivity index (χ0) is 9.68. The van der Waals surface area contributed by atoms with E-state index in [9.17, 15) is 5.11 Å². The molecule has 1 rings (SSSR count). The van der Waals surface area contributed by atoms with Crippen LogP contribution in [0.25, 0.3) is 0 Å². The van der Waals surface area contributed by atoms with Crippen LogP contribution in [0, 0.1) is 12.3 Å². The van der Waals surface area contributed by atoms with Crippen LogP contribution < -0.4 is 5.73 Å². The Morgan fingerprint density at radius 2 is 2.00 bits per heavy atom. The molecule has 0 amide bonds. The van der Waals surface area contributed by atoms with E-state index >= 15 is 0 Å². The second-order valence-electron chi connectivity index (χ2n) is 2.86. The zero-order valence-electron chi connectivity index (χ0n) is 7.40. The van der Waals surface area contributed by atoms with Gasteiger partial charge in [-0.15, -0.1) is 6.42 Å². The third-order valence-corrected chi connectivity index (χ3v) is 1.90. The minimum Gasteiger partial charge on any atom is -0.388 e. The molecule has 0 spiro atoms. The van der Waals surface area contributed by atoms with E-state index in [0.717, 1.165) is 11.1 Å². The van der Waals surface area contributed by atoms with Crippen LogP contribution in [0.4, 0.5) is 0 Å². The molecule has 2 heteroatoms. The van der Waals surface area contributed by atoms with Crippen LogP contribution in [0.5, 0.6) is 0 Å². The van der Waals surface area contributed by atoms with Crippen LogP contribution >= 0.6 is 0 Å². The molecular formula is C11H13NO. The first-order chi connectivity index (χ1) is 6.27. The van der Waals surface area contributed by atoms with Gasteiger partial charge in [-0.1, -0.05) is 18.1 Å². The molecule has 2 nitrogen and oxygen atoms in total. The van der Waals surface area contributed by atoms with Crippen molar-refractivity contribution in [2.75, 3.05) is 6.54 Å². The largest absolute Gasteiger partial charge is 0.388 e. The summed E-state index contributed by atoms with van der Waals surface area (Å²) in [5, 5.41) is 9.55. The number of terminal acetylenes is 1. The smallest absolute Gasteiger partial charge is 0.0802 e. The van der Waals surface area contributed by atoms with E-state index in [4.69, 9.17) is 12.2 Å². The van der Waals surface area contributed by atoms with Gasteiger partial charge < -0.3 is 10.8 Å². The van der Waals surface area contributed by atoms with E-state index in [0.29, 0.717) is 13.0 Å². The van der Waals surface area contributed by atoms with Gasteiger partial charge in [-0.05, 0) is 30.7 Å². The number of aliphatic hydroxyl groups excluding tert-OH is 1. The fourth-order valence-electron chi connectivity index (χ4n) is 1.13. The molecule has 0 bridgehead atoms. The van der Waals surface area contributed by atoms with Gasteiger partial charge in [0.15, 0.2) is 0 Å². The van der Waals surface area contributed by atoms with Crippen LogP contribution in [0.2, 0.25) is 0 Å². The van der Waals surface area contributed by atoms with Crippen LogP contribution in [0.15, 0.2) is 24.3 Å². The maximum atomic E-state index is 9.55. The highest BCUT2D eigenvalue weighted by atomic mass is 16.3. The Labute approximate surface area is 78.4 Å². The Bertz CT molecular complexity index is 297. The van der Waals surface area contributed by atoms with Gasteiger partial charge in [0.2, 0.25) is 0 Å². The topological polar surface area (TPSA) is 46.2 Å². The Kier molecular flexibility index (Phi) is 3.51. The summed E-state index contributed by atoms with van der Waals surface area (Å²) in [4.78, 5) is 0. The number of hydrogen-bond donors (Lipinski definition) is 2. The first-order valence-corrected chi connectivity index (χ1v) is 4.22. The lowest BCUT2D eigenvalue weighted by molar-refractivity contribution is 0.170. The van der Waals surface area contributed by atoms with Crippen molar-refractivity contribution in [3.63, 3.8) is 0 Å². The van der Waals surface area contributed by atoms with Gasteiger partial charge >= 0.3 is 0 Å². The molecule has 0 saturated heterocycles. The summed E-state index contributed by atoms with van der Waals surface area (Å²) in [6.07, 6.45) is 5.31.